The number of rotatable bonds is 4. The molecular formula is C13H15N5O2. The minimum Gasteiger partial charge on any atom is -0.497 e. The number of H-pyrrole nitrogens is 1. The van der Waals surface area contributed by atoms with Crippen molar-refractivity contribution in [2.75, 3.05) is 12.5 Å². The van der Waals surface area contributed by atoms with E-state index in [1.165, 1.54) is 0 Å². The maximum absolute atomic E-state index is 11.1. The van der Waals surface area contributed by atoms with Gasteiger partial charge < -0.3 is 4.74 Å². The van der Waals surface area contributed by atoms with E-state index < -0.39 is 5.69 Å². The fourth-order valence-corrected chi connectivity index (χ4v) is 1.53. The van der Waals surface area contributed by atoms with Crippen molar-refractivity contribution in [2.45, 2.75) is 13.8 Å². The van der Waals surface area contributed by atoms with Gasteiger partial charge in [-0.1, -0.05) is 0 Å². The van der Waals surface area contributed by atoms with Gasteiger partial charge in [-0.25, -0.2) is 9.89 Å². The average molecular weight is 273 g/mol. The minimum atomic E-state index is -0.518. The summed E-state index contributed by atoms with van der Waals surface area (Å²) in [5.74, 6) is 1.12. The summed E-state index contributed by atoms with van der Waals surface area (Å²) in [5, 5.41) is 10.2. The summed E-state index contributed by atoms with van der Waals surface area (Å²) in [7, 11) is 1.62. The molecule has 104 valence electrons. The molecule has 0 aliphatic heterocycles. The Morgan fingerprint density at radius 3 is 2.70 bits per heavy atom. The Hall–Kier alpha value is -2.70. The molecule has 7 heteroatoms. The van der Waals surface area contributed by atoms with Crippen LogP contribution in [0.25, 0.3) is 0 Å². The Balaban J connectivity index is 2.17. The second kappa shape index (κ2) is 5.96. The van der Waals surface area contributed by atoms with Crippen molar-refractivity contribution in [3.05, 3.63) is 46.0 Å². The quantitative estimate of drug-likeness (QED) is 0.647. The van der Waals surface area contributed by atoms with Crippen LogP contribution in [-0.4, -0.2) is 28.0 Å². The molecule has 0 fully saturated rings. The van der Waals surface area contributed by atoms with Crippen LogP contribution in [0.3, 0.4) is 0 Å². The Labute approximate surface area is 115 Å². The molecule has 20 heavy (non-hydrogen) atoms. The van der Waals surface area contributed by atoms with Crippen molar-refractivity contribution in [3.8, 4) is 5.75 Å². The number of anilines is 1. The molecule has 1 aromatic heterocycles. The molecule has 0 spiro atoms. The first kappa shape index (κ1) is 13.7. The zero-order chi connectivity index (χ0) is 14.5. The van der Waals surface area contributed by atoms with E-state index in [1.54, 1.807) is 14.0 Å². The third-order valence-electron chi connectivity index (χ3n) is 2.71. The molecule has 0 amide bonds. The Morgan fingerprint density at radius 2 is 2.05 bits per heavy atom. The number of hydrogen-bond acceptors (Lipinski definition) is 6. The molecule has 0 aliphatic rings. The van der Waals surface area contributed by atoms with Crippen LogP contribution in [0.4, 0.5) is 5.82 Å². The van der Waals surface area contributed by atoms with Crippen molar-refractivity contribution < 1.29 is 4.74 Å². The molecular weight excluding hydrogens is 258 g/mol. The van der Waals surface area contributed by atoms with E-state index in [0.717, 1.165) is 17.0 Å². The molecule has 0 aliphatic carbocycles. The number of ether oxygens (including phenoxy) is 1. The first-order chi connectivity index (χ1) is 9.60. The summed E-state index contributed by atoms with van der Waals surface area (Å²) in [6.45, 7) is 3.58. The topological polar surface area (TPSA) is 92.3 Å². The van der Waals surface area contributed by atoms with E-state index in [0.29, 0.717) is 11.5 Å². The number of nitrogens with zero attached hydrogens (tertiary/aromatic N) is 3. The normalized spacial score (nSPS) is 11.2. The third-order valence-corrected chi connectivity index (χ3v) is 2.71. The lowest BCUT2D eigenvalue weighted by molar-refractivity contribution is 0.415. The van der Waals surface area contributed by atoms with Gasteiger partial charge in [0.05, 0.1) is 12.8 Å². The third kappa shape index (κ3) is 3.19. The average Bonchev–Trinajstić information content (AvgIpc) is 2.48. The van der Waals surface area contributed by atoms with Crippen LogP contribution in [0.2, 0.25) is 0 Å². The molecule has 1 heterocycles. The summed E-state index contributed by atoms with van der Waals surface area (Å²) in [6, 6.07) is 7.50. The zero-order valence-corrected chi connectivity index (χ0v) is 11.5. The molecule has 2 rings (SSSR count). The van der Waals surface area contributed by atoms with Gasteiger partial charge in [-0.2, -0.15) is 15.2 Å². The molecule has 1 aromatic carbocycles. The number of nitrogens with one attached hydrogen (secondary N) is 2. The van der Waals surface area contributed by atoms with Crippen molar-refractivity contribution in [1.82, 2.24) is 15.2 Å². The maximum Gasteiger partial charge on any atom is 0.363 e. The highest BCUT2D eigenvalue weighted by atomic mass is 16.5. The molecule has 0 atom stereocenters. The smallest absolute Gasteiger partial charge is 0.363 e. The van der Waals surface area contributed by atoms with E-state index in [4.69, 9.17) is 4.74 Å². The zero-order valence-electron chi connectivity index (χ0n) is 11.5. The monoisotopic (exact) mass is 273 g/mol. The molecule has 2 aromatic rings. The van der Waals surface area contributed by atoms with Crippen LogP contribution < -0.4 is 15.9 Å². The molecule has 7 nitrogen and oxygen atoms in total. The molecule has 0 saturated carbocycles. The summed E-state index contributed by atoms with van der Waals surface area (Å²) in [5.41, 5.74) is 4.49. The number of hydrogen-bond donors (Lipinski definition) is 2. The van der Waals surface area contributed by atoms with E-state index in [-0.39, 0.29) is 0 Å². The molecule has 0 saturated heterocycles. The highest BCUT2D eigenvalue weighted by Crippen LogP contribution is 2.12. The number of aryl methyl sites for hydroxylation is 1. The van der Waals surface area contributed by atoms with Crippen LogP contribution in [0.15, 0.2) is 34.2 Å². The van der Waals surface area contributed by atoms with Crippen LogP contribution in [0.1, 0.15) is 18.2 Å². The number of benzene rings is 1. The van der Waals surface area contributed by atoms with E-state index in [1.807, 2.05) is 31.2 Å². The summed E-state index contributed by atoms with van der Waals surface area (Å²) in [6.07, 6.45) is 0. The number of methoxy groups -OCH3 is 1. The Morgan fingerprint density at radius 1 is 1.35 bits per heavy atom. The molecule has 0 radical (unpaired) electrons. The summed E-state index contributed by atoms with van der Waals surface area (Å²) >= 11 is 0. The fourth-order valence-electron chi connectivity index (χ4n) is 1.53. The van der Waals surface area contributed by atoms with E-state index in [9.17, 15) is 4.79 Å². The predicted molar refractivity (Wildman–Crippen MR) is 76.2 cm³/mol. The van der Waals surface area contributed by atoms with E-state index >= 15 is 0 Å². The van der Waals surface area contributed by atoms with Gasteiger partial charge in [0, 0.05) is 0 Å². The van der Waals surface area contributed by atoms with Gasteiger partial charge in [-0.15, -0.1) is 0 Å². The van der Waals surface area contributed by atoms with Gasteiger partial charge >= 0.3 is 5.69 Å². The fraction of sp³-hybridized carbons (Fsp3) is 0.231. The molecule has 0 bridgehead atoms. The molecule has 2 N–H and O–H groups in total. The Bertz CT molecular complexity index is 676. The van der Waals surface area contributed by atoms with Gasteiger partial charge in [0.25, 0.3) is 0 Å². The van der Waals surface area contributed by atoms with Gasteiger partial charge in [0.2, 0.25) is 0 Å². The number of hydrazone groups is 1. The van der Waals surface area contributed by atoms with Crippen LogP contribution in [0.5, 0.6) is 5.75 Å². The number of aromatic amines is 1. The SMILES string of the molecule is COc1ccc(/C(C)=N\Nc2nc(=O)[nH]nc2C)cc1. The first-order valence-electron chi connectivity index (χ1n) is 5.98. The predicted octanol–water partition coefficient (Wildman–Crippen LogP) is 1.32. The second-order valence-electron chi connectivity index (χ2n) is 4.11. The van der Waals surface area contributed by atoms with Crippen molar-refractivity contribution in [2.24, 2.45) is 5.10 Å². The van der Waals surface area contributed by atoms with Gasteiger partial charge in [0.1, 0.15) is 11.4 Å². The van der Waals surface area contributed by atoms with Crippen LogP contribution >= 0.6 is 0 Å². The summed E-state index contributed by atoms with van der Waals surface area (Å²) < 4.78 is 5.10. The minimum absolute atomic E-state index is 0.335. The lowest BCUT2D eigenvalue weighted by atomic mass is 10.1. The maximum atomic E-state index is 11.1. The van der Waals surface area contributed by atoms with Crippen molar-refractivity contribution in [3.63, 3.8) is 0 Å². The van der Waals surface area contributed by atoms with Crippen LogP contribution in [0, 0.1) is 6.92 Å². The second-order valence-corrected chi connectivity index (χ2v) is 4.11. The first-order valence-corrected chi connectivity index (χ1v) is 5.98. The largest absolute Gasteiger partial charge is 0.497 e. The summed E-state index contributed by atoms with van der Waals surface area (Å²) in [4.78, 5) is 14.9. The highest BCUT2D eigenvalue weighted by Gasteiger charge is 2.02. The lowest BCUT2D eigenvalue weighted by Gasteiger charge is -2.05. The highest BCUT2D eigenvalue weighted by molar-refractivity contribution is 5.99. The van der Waals surface area contributed by atoms with Crippen molar-refractivity contribution in [1.29, 1.82) is 0 Å². The lowest BCUT2D eigenvalue weighted by Crippen LogP contribution is -2.16. The number of aromatic nitrogens is 3. The van der Waals surface area contributed by atoms with Gasteiger partial charge in [0.15, 0.2) is 5.82 Å². The van der Waals surface area contributed by atoms with E-state index in [2.05, 4.69) is 25.7 Å². The Kier molecular flexibility index (Phi) is 4.09. The molecule has 0 unspecified atom stereocenters. The van der Waals surface area contributed by atoms with Gasteiger partial charge in [-0.05, 0) is 43.7 Å². The van der Waals surface area contributed by atoms with Crippen LogP contribution in [-0.2, 0) is 0 Å². The standard InChI is InChI=1S/C13H15N5O2/c1-8(10-4-6-11(20-3)7-5-10)15-17-12-9(2)16-18-13(19)14-12/h4-7H,1-3H3,(H2,14,17,18,19)/b15-8-. The van der Waals surface area contributed by atoms with Gasteiger partial charge in [-0.3, -0.25) is 5.43 Å². The van der Waals surface area contributed by atoms with Crippen molar-refractivity contribution >= 4 is 11.5 Å².